The number of hydrogen-bond donors (Lipinski definition) is 3. The molecule has 3 N–H and O–H groups in total. The maximum atomic E-state index is 12.8. The number of fused-ring (bicyclic) bond motifs is 1. The van der Waals surface area contributed by atoms with Crippen molar-refractivity contribution in [1.29, 1.82) is 0 Å². The van der Waals surface area contributed by atoms with Crippen molar-refractivity contribution >= 4 is 11.6 Å². The number of para-hydroxylation sites is 1. The lowest BCUT2D eigenvalue weighted by atomic mass is 9.94. The summed E-state index contributed by atoms with van der Waals surface area (Å²) >= 11 is 0. The molecule has 0 aliphatic carbocycles. The Labute approximate surface area is 194 Å². The number of likely N-dealkylation sites (tertiary alicyclic amines) is 1. The fraction of sp³-hybridized carbons (Fsp3) is 0.296. The molecule has 2 aliphatic heterocycles. The van der Waals surface area contributed by atoms with E-state index < -0.39 is 12.4 Å². The second kappa shape index (κ2) is 9.25. The molecule has 3 unspecified atom stereocenters. The van der Waals surface area contributed by atoms with Crippen LogP contribution in [0.2, 0.25) is 0 Å². The number of rotatable bonds is 5. The Morgan fingerprint density at radius 1 is 0.909 bits per heavy atom. The van der Waals surface area contributed by atoms with E-state index in [2.05, 4.69) is 27.2 Å². The van der Waals surface area contributed by atoms with Crippen LogP contribution in [0.25, 0.3) is 0 Å². The number of phenols is 1. The van der Waals surface area contributed by atoms with Crippen molar-refractivity contribution in [2.24, 2.45) is 0 Å². The van der Waals surface area contributed by atoms with Crippen LogP contribution in [0.1, 0.15) is 53.0 Å². The van der Waals surface area contributed by atoms with Crippen LogP contribution in [-0.2, 0) is 0 Å². The quantitative estimate of drug-likeness (QED) is 0.551. The van der Waals surface area contributed by atoms with Gasteiger partial charge in [-0.2, -0.15) is 0 Å². The smallest absolute Gasteiger partial charge is 0.255 e. The molecule has 2 heterocycles. The molecule has 5 rings (SSSR count). The van der Waals surface area contributed by atoms with E-state index in [4.69, 9.17) is 0 Å². The maximum absolute atomic E-state index is 12.8. The Morgan fingerprint density at radius 3 is 2.42 bits per heavy atom. The lowest BCUT2D eigenvalue weighted by Crippen LogP contribution is -2.53. The summed E-state index contributed by atoms with van der Waals surface area (Å²) in [6.45, 7) is 1.17. The van der Waals surface area contributed by atoms with E-state index in [9.17, 15) is 15.0 Å². The molecule has 3 aromatic rings. The SMILES string of the molecule is O=C1NC(c2ccc(O)cc2)N(CC(O)N2CCCCC2c2ccccc2)c2ccccc21. The standard InChI is InChI=1S/C27H29N3O3/c31-21-15-13-20(14-16-21)26-28-27(33)22-10-4-5-12-24(22)30(26)18-25(32)29-17-7-6-11-23(29)19-8-2-1-3-9-19/h1-5,8-10,12-16,23,25-26,31-32H,6-7,11,17-18H2,(H,28,33). The Kier molecular flexibility index (Phi) is 6.03. The zero-order valence-electron chi connectivity index (χ0n) is 18.5. The van der Waals surface area contributed by atoms with E-state index in [-0.39, 0.29) is 17.7 Å². The van der Waals surface area contributed by atoms with Gasteiger partial charge in [-0.25, -0.2) is 0 Å². The second-order valence-electron chi connectivity index (χ2n) is 8.78. The summed E-state index contributed by atoms with van der Waals surface area (Å²) in [7, 11) is 0. The van der Waals surface area contributed by atoms with Crippen LogP contribution in [0.4, 0.5) is 5.69 Å². The molecule has 0 aromatic heterocycles. The van der Waals surface area contributed by atoms with Gasteiger partial charge in [0.05, 0.1) is 17.8 Å². The van der Waals surface area contributed by atoms with E-state index >= 15 is 0 Å². The molecule has 6 nitrogen and oxygen atoms in total. The molecule has 33 heavy (non-hydrogen) atoms. The number of carbonyl (C=O) groups excluding carboxylic acids is 1. The molecule has 1 saturated heterocycles. The first-order valence-electron chi connectivity index (χ1n) is 11.6. The van der Waals surface area contributed by atoms with Gasteiger partial charge in [-0.3, -0.25) is 9.69 Å². The summed E-state index contributed by atoms with van der Waals surface area (Å²) in [5.41, 5.74) is 3.46. The Hall–Kier alpha value is -3.35. The van der Waals surface area contributed by atoms with Gasteiger partial charge in [0.25, 0.3) is 5.91 Å². The topological polar surface area (TPSA) is 76.0 Å². The summed E-state index contributed by atoms with van der Waals surface area (Å²) in [5.74, 6) is 0.0291. The average molecular weight is 444 g/mol. The fourth-order valence-corrected chi connectivity index (χ4v) is 5.08. The number of aliphatic hydroxyl groups excluding tert-OH is 1. The molecular weight excluding hydrogens is 414 g/mol. The van der Waals surface area contributed by atoms with Crippen LogP contribution < -0.4 is 10.2 Å². The van der Waals surface area contributed by atoms with Gasteiger partial charge in [0.2, 0.25) is 0 Å². The Bertz CT molecular complexity index is 1100. The third kappa shape index (κ3) is 4.32. The number of carbonyl (C=O) groups is 1. The van der Waals surface area contributed by atoms with Gasteiger partial charge in [-0.05, 0) is 48.2 Å². The van der Waals surface area contributed by atoms with Crippen molar-refractivity contribution in [2.75, 3.05) is 18.0 Å². The number of phenolic OH excluding ortho intramolecular Hbond substituents is 1. The summed E-state index contributed by atoms with van der Waals surface area (Å²) in [6.07, 6.45) is 2.05. The second-order valence-corrected chi connectivity index (χ2v) is 8.78. The summed E-state index contributed by atoms with van der Waals surface area (Å²) in [4.78, 5) is 17.1. The molecule has 170 valence electrons. The number of amides is 1. The lowest BCUT2D eigenvalue weighted by molar-refractivity contribution is -0.0377. The molecule has 6 heteroatoms. The van der Waals surface area contributed by atoms with Crippen LogP contribution in [0.5, 0.6) is 5.75 Å². The van der Waals surface area contributed by atoms with Crippen molar-refractivity contribution < 1.29 is 15.0 Å². The number of benzene rings is 3. The van der Waals surface area contributed by atoms with Crippen molar-refractivity contribution in [3.05, 3.63) is 95.6 Å². The highest BCUT2D eigenvalue weighted by Crippen LogP contribution is 2.36. The van der Waals surface area contributed by atoms with E-state index in [0.29, 0.717) is 12.1 Å². The highest BCUT2D eigenvalue weighted by Gasteiger charge is 2.36. The van der Waals surface area contributed by atoms with Crippen molar-refractivity contribution in [1.82, 2.24) is 10.2 Å². The van der Waals surface area contributed by atoms with E-state index in [1.807, 2.05) is 42.5 Å². The number of β-amino-alcohol motifs (C(OH)–C–C–N with tert-alkyl or cyclic N) is 1. The van der Waals surface area contributed by atoms with Crippen LogP contribution in [0.15, 0.2) is 78.9 Å². The van der Waals surface area contributed by atoms with Gasteiger partial charge in [-0.1, -0.05) is 61.0 Å². The van der Waals surface area contributed by atoms with Gasteiger partial charge >= 0.3 is 0 Å². The third-order valence-corrected chi connectivity index (χ3v) is 6.72. The summed E-state index contributed by atoms with van der Waals surface area (Å²) < 4.78 is 0. The molecule has 0 spiro atoms. The predicted octanol–water partition coefficient (Wildman–Crippen LogP) is 4.19. The highest BCUT2D eigenvalue weighted by atomic mass is 16.3. The average Bonchev–Trinajstić information content (AvgIpc) is 2.87. The maximum Gasteiger partial charge on any atom is 0.255 e. The summed E-state index contributed by atoms with van der Waals surface area (Å²) in [5, 5.41) is 24.3. The largest absolute Gasteiger partial charge is 0.508 e. The number of piperidine rings is 1. The van der Waals surface area contributed by atoms with Gasteiger partial charge in [0.15, 0.2) is 0 Å². The minimum Gasteiger partial charge on any atom is -0.508 e. The fourth-order valence-electron chi connectivity index (χ4n) is 5.08. The molecule has 0 radical (unpaired) electrons. The van der Waals surface area contributed by atoms with Gasteiger partial charge < -0.3 is 20.4 Å². The predicted molar refractivity (Wildman–Crippen MR) is 128 cm³/mol. The number of anilines is 1. The molecule has 3 atom stereocenters. The summed E-state index contributed by atoms with van der Waals surface area (Å²) in [6, 6.07) is 24.9. The first-order valence-corrected chi connectivity index (χ1v) is 11.6. The van der Waals surface area contributed by atoms with Gasteiger partial charge in [-0.15, -0.1) is 0 Å². The van der Waals surface area contributed by atoms with Crippen LogP contribution in [0, 0.1) is 0 Å². The zero-order valence-corrected chi connectivity index (χ0v) is 18.5. The van der Waals surface area contributed by atoms with Gasteiger partial charge in [0.1, 0.15) is 18.1 Å². The molecule has 3 aromatic carbocycles. The van der Waals surface area contributed by atoms with Crippen LogP contribution >= 0.6 is 0 Å². The third-order valence-electron chi connectivity index (χ3n) is 6.72. The van der Waals surface area contributed by atoms with E-state index in [0.717, 1.165) is 37.1 Å². The molecule has 0 bridgehead atoms. The Morgan fingerprint density at radius 2 is 1.64 bits per heavy atom. The molecular formula is C27H29N3O3. The molecule has 1 amide bonds. The number of nitrogens with one attached hydrogen (secondary N) is 1. The van der Waals surface area contributed by atoms with Crippen molar-refractivity contribution in [3.8, 4) is 5.75 Å². The monoisotopic (exact) mass is 443 g/mol. The number of aliphatic hydroxyl groups is 1. The first kappa shape index (κ1) is 21.5. The minimum atomic E-state index is -0.710. The number of hydrogen-bond acceptors (Lipinski definition) is 5. The van der Waals surface area contributed by atoms with Crippen LogP contribution in [0.3, 0.4) is 0 Å². The van der Waals surface area contributed by atoms with Gasteiger partial charge in [0, 0.05) is 12.6 Å². The number of aromatic hydroxyl groups is 1. The lowest BCUT2D eigenvalue weighted by Gasteiger charge is -2.44. The van der Waals surface area contributed by atoms with E-state index in [1.165, 1.54) is 5.56 Å². The Balaban J connectivity index is 1.47. The minimum absolute atomic E-state index is 0.144. The molecule has 1 fully saturated rings. The van der Waals surface area contributed by atoms with Crippen molar-refractivity contribution in [3.63, 3.8) is 0 Å². The normalized spacial score (nSPS) is 21.8. The van der Waals surface area contributed by atoms with Crippen molar-refractivity contribution in [2.45, 2.75) is 37.7 Å². The number of nitrogens with zero attached hydrogens (tertiary/aromatic N) is 2. The van der Waals surface area contributed by atoms with E-state index in [1.54, 1.807) is 24.3 Å². The highest BCUT2D eigenvalue weighted by molar-refractivity contribution is 6.02. The van der Waals surface area contributed by atoms with Crippen LogP contribution in [-0.4, -0.2) is 40.3 Å². The zero-order chi connectivity index (χ0) is 22.8. The molecule has 2 aliphatic rings. The first-order chi connectivity index (χ1) is 16.1. The molecule has 0 saturated carbocycles.